The lowest BCUT2D eigenvalue weighted by Crippen LogP contribution is -2.19. The number of fused-ring (bicyclic) bond motifs is 1. The number of anilines is 1. The molecule has 3 heterocycles. The van der Waals surface area contributed by atoms with Crippen molar-refractivity contribution in [2.45, 2.75) is 19.4 Å². The van der Waals surface area contributed by atoms with Gasteiger partial charge in [-0.15, -0.1) is 11.3 Å². The van der Waals surface area contributed by atoms with Crippen molar-refractivity contribution in [3.63, 3.8) is 0 Å². The average Bonchev–Trinajstić information content (AvgIpc) is 3.28. The number of pyridine rings is 2. The summed E-state index contributed by atoms with van der Waals surface area (Å²) >= 11 is 8.66. The van der Waals surface area contributed by atoms with Gasteiger partial charge >= 0.3 is 0 Å². The molecule has 33 heavy (non-hydrogen) atoms. The Labute approximate surface area is 213 Å². The van der Waals surface area contributed by atoms with Crippen LogP contribution in [0.2, 0.25) is 0 Å². The summed E-state index contributed by atoms with van der Waals surface area (Å²) in [4.78, 5) is 19.7. The average molecular weight is 592 g/mol. The van der Waals surface area contributed by atoms with Gasteiger partial charge in [0, 0.05) is 47.5 Å². The van der Waals surface area contributed by atoms with E-state index in [0.717, 1.165) is 67.9 Å². The van der Waals surface area contributed by atoms with Gasteiger partial charge in [0.05, 0.1) is 21.3 Å². The second kappa shape index (κ2) is 11.8. The molecule has 3 aromatic heterocycles. The molecule has 9 heteroatoms. The molecule has 0 saturated carbocycles. The van der Waals surface area contributed by atoms with Crippen LogP contribution >= 0.6 is 43.2 Å². The lowest BCUT2D eigenvalue weighted by atomic mass is 10.2. The highest BCUT2D eigenvalue weighted by atomic mass is 79.9. The number of nitrogens with one attached hydrogen (secondary N) is 3. The Kier molecular flexibility index (Phi) is 8.55. The number of halogens is 2. The Bertz CT molecular complexity index is 1260. The molecule has 4 aromatic rings. The number of H-pyrrole nitrogens is 1. The Morgan fingerprint density at radius 2 is 2.03 bits per heavy atom. The zero-order valence-electron chi connectivity index (χ0n) is 17.9. The lowest BCUT2D eigenvalue weighted by molar-refractivity contribution is 0.314. The largest absolute Gasteiger partial charge is 0.492 e. The van der Waals surface area contributed by atoms with Crippen LogP contribution in [-0.4, -0.2) is 29.7 Å². The predicted molar refractivity (Wildman–Crippen MR) is 143 cm³/mol. The molecule has 0 radical (unpaired) electrons. The van der Waals surface area contributed by atoms with Crippen LogP contribution < -0.4 is 20.8 Å². The fourth-order valence-corrected chi connectivity index (χ4v) is 5.63. The van der Waals surface area contributed by atoms with Gasteiger partial charge in [-0.2, -0.15) is 0 Å². The van der Waals surface area contributed by atoms with Crippen molar-refractivity contribution in [3.05, 3.63) is 84.5 Å². The summed E-state index contributed by atoms with van der Waals surface area (Å²) < 4.78 is 8.79. The number of aromatic amines is 1. The third-order valence-corrected chi connectivity index (χ3v) is 6.99. The summed E-state index contributed by atoms with van der Waals surface area (Å²) in [6.07, 6.45) is 3.46. The number of benzene rings is 1. The number of hydrogen-bond acceptors (Lipinski definition) is 6. The molecular weight excluding hydrogens is 568 g/mol. The van der Waals surface area contributed by atoms with E-state index in [9.17, 15) is 4.79 Å². The maximum Gasteiger partial charge on any atom is 0.201 e. The lowest BCUT2D eigenvalue weighted by Gasteiger charge is -2.15. The standard InChI is InChI=1S/C24H24Br2N4O2S/c25-17-12-16(23(19(26)13-17)32-10-5-18-4-1-2-8-28-18)15-27-7-3-9-29-22-14-21(31)24-20(30-22)6-11-33-24/h1-2,4,6,8,11-14,27H,3,5,7,9-10,15H2,(H2,29,30,31). The molecule has 172 valence electrons. The van der Waals surface area contributed by atoms with Gasteiger partial charge in [-0.05, 0) is 64.6 Å². The van der Waals surface area contributed by atoms with Crippen LogP contribution in [-0.2, 0) is 13.0 Å². The van der Waals surface area contributed by atoms with Crippen LogP contribution in [0.4, 0.5) is 5.82 Å². The maximum absolute atomic E-state index is 12.1. The minimum atomic E-state index is 0.0511. The molecule has 0 bridgehead atoms. The van der Waals surface area contributed by atoms with Gasteiger partial charge in [-0.25, -0.2) is 0 Å². The molecule has 6 nitrogen and oxygen atoms in total. The minimum Gasteiger partial charge on any atom is -0.492 e. The van der Waals surface area contributed by atoms with Crippen molar-refractivity contribution in [1.29, 1.82) is 0 Å². The van der Waals surface area contributed by atoms with Crippen LogP contribution in [0.5, 0.6) is 5.75 Å². The normalized spacial score (nSPS) is 11.1. The molecule has 3 N–H and O–H groups in total. The van der Waals surface area contributed by atoms with E-state index in [2.05, 4.69) is 58.5 Å². The highest BCUT2D eigenvalue weighted by Gasteiger charge is 2.11. The zero-order valence-corrected chi connectivity index (χ0v) is 21.9. The van der Waals surface area contributed by atoms with Gasteiger partial charge in [-0.1, -0.05) is 22.0 Å². The number of aromatic nitrogens is 2. The molecule has 0 aliphatic rings. The van der Waals surface area contributed by atoms with Gasteiger partial charge in [-0.3, -0.25) is 9.78 Å². The summed E-state index contributed by atoms with van der Waals surface area (Å²) in [5.74, 6) is 1.60. The van der Waals surface area contributed by atoms with Gasteiger partial charge in [0.2, 0.25) is 5.43 Å². The fourth-order valence-electron chi connectivity index (χ4n) is 3.44. The van der Waals surface area contributed by atoms with Crippen LogP contribution in [0.25, 0.3) is 10.2 Å². The molecule has 0 unspecified atom stereocenters. The molecule has 0 aliphatic heterocycles. The number of thiophene rings is 1. The molecule has 0 aliphatic carbocycles. The van der Waals surface area contributed by atoms with E-state index >= 15 is 0 Å². The van der Waals surface area contributed by atoms with Crippen molar-refractivity contribution in [2.24, 2.45) is 0 Å². The maximum atomic E-state index is 12.1. The molecule has 0 spiro atoms. The molecular formula is C24H24Br2N4O2S. The van der Waals surface area contributed by atoms with Crippen LogP contribution in [0.3, 0.4) is 0 Å². The summed E-state index contributed by atoms with van der Waals surface area (Å²) in [5.41, 5.74) is 3.02. The summed E-state index contributed by atoms with van der Waals surface area (Å²) in [7, 11) is 0. The molecule has 0 fully saturated rings. The fraction of sp³-hybridized carbons (Fsp3) is 0.250. The first kappa shape index (κ1) is 23.9. The Hall–Kier alpha value is -2.20. The molecule has 0 amide bonds. The van der Waals surface area contributed by atoms with Gasteiger partial charge in [0.1, 0.15) is 11.6 Å². The van der Waals surface area contributed by atoms with E-state index in [1.54, 1.807) is 12.3 Å². The summed E-state index contributed by atoms with van der Waals surface area (Å²) in [6.45, 7) is 2.83. The van der Waals surface area contributed by atoms with Crippen molar-refractivity contribution >= 4 is 59.2 Å². The van der Waals surface area contributed by atoms with E-state index in [4.69, 9.17) is 4.74 Å². The van der Waals surface area contributed by atoms with E-state index in [0.29, 0.717) is 13.2 Å². The smallest absolute Gasteiger partial charge is 0.201 e. The number of ether oxygens (including phenoxy) is 1. The monoisotopic (exact) mass is 590 g/mol. The van der Waals surface area contributed by atoms with Crippen LogP contribution in [0, 0.1) is 0 Å². The van der Waals surface area contributed by atoms with Crippen LogP contribution in [0.1, 0.15) is 17.7 Å². The first-order valence-electron chi connectivity index (χ1n) is 10.7. The van der Waals surface area contributed by atoms with Crippen molar-refractivity contribution in [3.8, 4) is 5.75 Å². The quantitative estimate of drug-likeness (QED) is 0.194. The molecule has 1 aromatic carbocycles. The Balaban J connectivity index is 1.25. The highest BCUT2D eigenvalue weighted by molar-refractivity contribution is 9.11. The van der Waals surface area contributed by atoms with Crippen molar-refractivity contribution in [2.75, 3.05) is 25.0 Å². The number of nitrogens with zero attached hydrogens (tertiary/aromatic N) is 1. The third kappa shape index (κ3) is 6.66. The highest BCUT2D eigenvalue weighted by Crippen LogP contribution is 2.33. The van der Waals surface area contributed by atoms with Crippen molar-refractivity contribution in [1.82, 2.24) is 15.3 Å². The van der Waals surface area contributed by atoms with Gasteiger partial charge in [0.25, 0.3) is 0 Å². The number of rotatable bonds is 11. The van der Waals surface area contributed by atoms with E-state index in [-0.39, 0.29) is 5.43 Å². The third-order valence-electron chi connectivity index (χ3n) is 5.01. The summed E-state index contributed by atoms with van der Waals surface area (Å²) in [5, 5.41) is 8.71. The Morgan fingerprint density at radius 1 is 1.12 bits per heavy atom. The number of hydrogen-bond donors (Lipinski definition) is 3. The molecule has 0 atom stereocenters. The molecule has 4 rings (SSSR count). The second-order valence-corrected chi connectivity index (χ2v) is 10.1. The first-order chi connectivity index (χ1) is 16.1. The predicted octanol–water partition coefficient (Wildman–Crippen LogP) is 5.72. The van der Waals surface area contributed by atoms with E-state index < -0.39 is 0 Å². The zero-order chi connectivity index (χ0) is 23.0. The SMILES string of the molecule is O=c1cc(NCCCNCc2cc(Br)cc(Br)c2OCCc2ccccn2)[nH]c2ccsc12. The second-order valence-electron chi connectivity index (χ2n) is 7.46. The van der Waals surface area contributed by atoms with Crippen molar-refractivity contribution < 1.29 is 4.74 Å². The van der Waals surface area contributed by atoms with Gasteiger partial charge in [0.15, 0.2) is 0 Å². The van der Waals surface area contributed by atoms with Gasteiger partial charge < -0.3 is 20.4 Å². The minimum absolute atomic E-state index is 0.0511. The van der Waals surface area contributed by atoms with Crippen LogP contribution in [0.15, 0.2) is 67.8 Å². The molecule has 0 saturated heterocycles. The first-order valence-corrected chi connectivity index (χ1v) is 13.1. The Morgan fingerprint density at radius 3 is 2.88 bits per heavy atom. The van der Waals surface area contributed by atoms with E-state index in [1.165, 1.54) is 11.3 Å². The summed E-state index contributed by atoms with van der Waals surface area (Å²) in [6, 6.07) is 13.5. The topological polar surface area (TPSA) is 79.0 Å². The van der Waals surface area contributed by atoms with E-state index in [1.807, 2.05) is 35.7 Å².